The van der Waals surface area contributed by atoms with E-state index in [1.807, 2.05) is 0 Å². The first-order valence-corrected chi connectivity index (χ1v) is 4.30. The van der Waals surface area contributed by atoms with Gasteiger partial charge in [-0.25, -0.2) is 0 Å². The molecule has 10 heavy (non-hydrogen) atoms. The fourth-order valence-corrected chi connectivity index (χ4v) is 0.963. The number of carbonyl (C=O) groups excluding carboxylic acids is 1. The zero-order chi connectivity index (χ0) is 7.98. The summed E-state index contributed by atoms with van der Waals surface area (Å²) in [5, 5.41) is 2.56. The van der Waals surface area contributed by atoms with Crippen molar-refractivity contribution < 1.29 is 4.79 Å². The summed E-state index contributed by atoms with van der Waals surface area (Å²) in [5.41, 5.74) is 0.815. The van der Waals surface area contributed by atoms with E-state index >= 15 is 0 Å². The van der Waals surface area contributed by atoms with E-state index in [2.05, 4.69) is 25.7 Å². The van der Waals surface area contributed by atoms with E-state index < -0.39 is 0 Å². The standard InChI is InChI=1S/C4H5NOS.C3H8/c1-3-2-7-4(6)5-3;1-3-2/h1-2H2,(H,5,6);3H2,1-2H3. The molecular weight excluding hydrogens is 146 g/mol. The van der Waals surface area contributed by atoms with Crippen molar-refractivity contribution in [3.63, 3.8) is 0 Å². The first-order chi connectivity index (χ1) is 4.70. The minimum Gasteiger partial charge on any atom is -0.320 e. The molecule has 1 heterocycles. The van der Waals surface area contributed by atoms with Crippen LogP contribution in [0.25, 0.3) is 0 Å². The van der Waals surface area contributed by atoms with Crippen LogP contribution in [0, 0.1) is 0 Å². The Hall–Kier alpha value is -0.440. The number of hydrogen-bond acceptors (Lipinski definition) is 2. The van der Waals surface area contributed by atoms with E-state index in [0.29, 0.717) is 0 Å². The highest BCUT2D eigenvalue weighted by Gasteiger charge is 2.11. The van der Waals surface area contributed by atoms with Crippen LogP contribution >= 0.6 is 11.8 Å². The topological polar surface area (TPSA) is 29.1 Å². The Morgan fingerprint density at radius 2 is 2.20 bits per heavy atom. The van der Waals surface area contributed by atoms with E-state index in [1.54, 1.807) is 0 Å². The molecule has 0 aromatic rings. The third kappa shape index (κ3) is 4.44. The fraction of sp³-hybridized carbons (Fsp3) is 0.571. The lowest BCUT2D eigenvalue weighted by molar-refractivity contribution is 0.263. The molecule has 0 aromatic carbocycles. The lowest BCUT2D eigenvalue weighted by atomic mass is 10.6. The van der Waals surface area contributed by atoms with Gasteiger partial charge in [0.1, 0.15) is 0 Å². The molecule has 1 saturated heterocycles. The van der Waals surface area contributed by atoms with Gasteiger partial charge in [-0.3, -0.25) is 4.79 Å². The van der Waals surface area contributed by atoms with Gasteiger partial charge in [0.2, 0.25) is 0 Å². The smallest absolute Gasteiger partial charge is 0.283 e. The Morgan fingerprint density at radius 1 is 1.70 bits per heavy atom. The van der Waals surface area contributed by atoms with Crippen LogP contribution in [0.15, 0.2) is 12.3 Å². The molecule has 2 nitrogen and oxygen atoms in total. The molecule has 1 N–H and O–H groups in total. The maximum Gasteiger partial charge on any atom is 0.283 e. The number of rotatable bonds is 0. The summed E-state index contributed by atoms with van der Waals surface area (Å²) in [6.07, 6.45) is 1.25. The summed E-state index contributed by atoms with van der Waals surface area (Å²) in [6.45, 7) is 7.80. The van der Waals surface area contributed by atoms with Crippen LogP contribution in [-0.2, 0) is 0 Å². The van der Waals surface area contributed by atoms with Crippen LogP contribution in [0.5, 0.6) is 0 Å². The van der Waals surface area contributed by atoms with Gasteiger partial charge in [0.25, 0.3) is 5.24 Å². The Morgan fingerprint density at radius 3 is 2.30 bits per heavy atom. The molecule has 0 spiro atoms. The molecule has 1 fully saturated rings. The summed E-state index contributed by atoms with van der Waals surface area (Å²) < 4.78 is 0. The van der Waals surface area contributed by atoms with E-state index in [1.165, 1.54) is 18.2 Å². The van der Waals surface area contributed by atoms with Gasteiger partial charge >= 0.3 is 0 Å². The number of carbonyl (C=O) groups is 1. The molecule has 0 radical (unpaired) electrons. The number of hydrogen-bond donors (Lipinski definition) is 1. The minimum absolute atomic E-state index is 0.0185. The van der Waals surface area contributed by atoms with Crippen LogP contribution < -0.4 is 5.32 Å². The lowest BCUT2D eigenvalue weighted by Crippen LogP contribution is -2.07. The summed E-state index contributed by atoms with van der Waals surface area (Å²) in [5.74, 6) is 0.735. The quantitative estimate of drug-likeness (QED) is 0.588. The van der Waals surface area contributed by atoms with Crippen molar-refractivity contribution in [3.05, 3.63) is 12.3 Å². The predicted octanol–water partition coefficient (Wildman–Crippen LogP) is 2.37. The van der Waals surface area contributed by atoms with Crippen LogP contribution in [0.2, 0.25) is 0 Å². The van der Waals surface area contributed by atoms with Crippen molar-refractivity contribution >= 4 is 17.0 Å². The third-order valence-corrected chi connectivity index (χ3v) is 1.51. The molecular formula is C7H13NOS. The van der Waals surface area contributed by atoms with Gasteiger partial charge < -0.3 is 5.32 Å². The molecule has 1 aliphatic heterocycles. The Labute approximate surface area is 66.1 Å². The van der Waals surface area contributed by atoms with Crippen molar-refractivity contribution in [1.29, 1.82) is 0 Å². The van der Waals surface area contributed by atoms with Gasteiger partial charge in [-0.05, 0) is 0 Å². The largest absolute Gasteiger partial charge is 0.320 e. The number of nitrogens with one attached hydrogen (secondary N) is 1. The van der Waals surface area contributed by atoms with Crippen molar-refractivity contribution in [2.45, 2.75) is 20.3 Å². The Kier molecular flexibility index (Phi) is 5.12. The van der Waals surface area contributed by atoms with Gasteiger partial charge in [-0.15, -0.1) is 0 Å². The molecule has 58 valence electrons. The van der Waals surface area contributed by atoms with Crippen LogP contribution in [0.4, 0.5) is 4.79 Å². The van der Waals surface area contributed by atoms with Gasteiger partial charge in [-0.2, -0.15) is 0 Å². The molecule has 3 heteroatoms. The second-order valence-corrected chi connectivity index (χ2v) is 2.96. The molecule has 0 saturated carbocycles. The zero-order valence-electron chi connectivity index (χ0n) is 6.44. The predicted molar refractivity (Wildman–Crippen MR) is 46.1 cm³/mol. The molecule has 0 aromatic heterocycles. The molecule has 0 atom stereocenters. The maximum atomic E-state index is 10.2. The Balaban J connectivity index is 0.000000236. The minimum atomic E-state index is 0.0185. The number of thioether (sulfide) groups is 1. The molecule has 1 amide bonds. The molecule has 0 bridgehead atoms. The van der Waals surface area contributed by atoms with E-state index in [4.69, 9.17) is 0 Å². The fourth-order valence-electron chi connectivity index (χ4n) is 0.369. The first kappa shape index (κ1) is 9.56. The highest BCUT2D eigenvalue weighted by Crippen LogP contribution is 2.12. The third-order valence-electron chi connectivity index (χ3n) is 0.656. The average molecular weight is 159 g/mol. The maximum absolute atomic E-state index is 10.2. The van der Waals surface area contributed by atoms with Crippen LogP contribution in [-0.4, -0.2) is 11.0 Å². The van der Waals surface area contributed by atoms with Crippen molar-refractivity contribution in [2.24, 2.45) is 0 Å². The second-order valence-electron chi connectivity index (χ2n) is 2.01. The summed E-state index contributed by atoms with van der Waals surface area (Å²) in [6, 6.07) is 0. The van der Waals surface area contributed by atoms with Crippen LogP contribution in [0.3, 0.4) is 0 Å². The van der Waals surface area contributed by atoms with Gasteiger partial charge in [0.05, 0.1) is 0 Å². The highest BCUT2D eigenvalue weighted by atomic mass is 32.2. The second kappa shape index (κ2) is 5.35. The van der Waals surface area contributed by atoms with Gasteiger partial charge in [-0.1, -0.05) is 38.6 Å². The molecule has 1 aliphatic rings. The summed E-state index contributed by atoms with van der Waals surface area (Å²) in [7, 11) is 0. The van der Waals surface area contributed by atoms with Crippen molar-refractivity contribution in [1.82, 2.24) is 5.32 Å². The summed E-state index contributed by atoms with van der Waals surface area (Å²) in [4.78, 5) is 10.2. The van der Waals surface area contributed by atoms with Crippen molar-refractivity contribution in [3.8, 4) is 0 Å². The van der Waals surface area contributed by atoms with E-state index in [9.17, 15) is 4.79 Å². The molecule has 0 aliphatic carbocycles. The van der Waals surface area contributed by atoms with E-state index in [-0.39, 0.29) is 5.24 Å². The van der Waals surface area contributed by atoms with Gasteiger partial charge in [0, 0.05) is 11.4 Å². The zero-order valence-corrected chi connectivity index (χ0v) is 7.25. The van der Waals surface area contributed by atoms with Crippen molar-refractivity contribution in [2.75, 3.05) is 5.75 Å². The first-order valence-electron chi connectivity index (χ1n) is 3.32. The Bertz CT molecular complexity index is 120. The molecule has 1 rings (SSSR count). The monoisotopic (exact) mass is 159 g/mol. The SMILES string of the molecule is C=C1CSC(=O)N1.CCC. The van der Waals surface area contributed by atoms with Crippen LogP contribution in [0.1, 0.15) is 20.3 Å². The number of amides is 1. The lowest BCUT2D eigenvalue weighted by Gasteiger charge is -1.84. The van der Waals surface area contributed by atoms with Gasteiger partial charge in [0.15, 0.2) is 0 Å². The molecule has 0 unspecified atom stereocenters. The summed E-state index contributed by atoms with van der Waals surface area (Å²) >= 11 is 1.26. The normalized spacial score (nSPS) is 15.8. The highest BCUT2D eigenvalue weighted by molar-refractivity contribution is 8.14. The average Bonchev–Trinajstić information content (AvgIpc) is 2.17. The van der Waals surface area contributed by atoms with E-state index in [0.717, 1.165) is 11.4 Å².